The van der Waals surface area contributed by atoms with Crippen molar-refractivity contribution in [2.45, 2.75) is 76.0 Å². The third-order valence-electron chi connectivity index (χ3n) is 6.90. The molecule has 0 amide bonds. The van der Waals surface area contributed by atoms with Crippen molar-refractivity contribution in [1.29, 1.82) is 0 Å². The molecule has 0 saturated heterocycles. The van der Waals surface area contributed by atoms with E-state index in [9.17, 15) is 18.7 Å². The van der Waals surface area contributed by atoms with Crippen LogP contribution < -0.4 is 4.74 Å². The highest BCUT2D eigenvalue weighted by atomic mass is 35.5. The van der Waals surface area contributed by atoms with E-state index in [1.54, 1.807) is 24.3 Å². The number of esters is 1. The Balaban J connectivity index is 1.55. The molecular formula is C28H33ClF2N2O4S. The van der Waals surface area contributed by atoms with E-state index in [1.165, 1.54) is 17.8 Å². The average Bonchev–Trinajstić information content (AvgIpc) is 3.41. The van der Waals surface area contributed by atoms with E-state index >= 15 is 0 Å². The van der Waals surface area contributed by atoms with Crippen LogP contribution in [-0.2, 0) is 9.53 Å². The maximum absolute atomic E-state index is 13.4. The molecule has 0 spiro atoms. The molecule has 1 aliphatic heterocycles. The lowest BCUT2D eigenvalue weighted by Crippen LogP contribution is -2.14. The van der Waals surface area contributed by atoms with Gasteiger partial charge in [0, 0.05) is 27.7 Å². The number of nitrogens with zero attached hydrogens (tertiary/aromatic N) is 2. The number of fused-ring (bicyclic) bond motifs is 3. The number of hydrogen-bond donors (Lipinski definition) is 1. The summed E-state index contributed by atoms with van der Waals surface area (Å²) >= 11 is 7.62. The molecule has 3 atom stereocenters. The Morgan fingerprint density at radius 3 is 2.84 bits per heavy atom. The number of aliphatic hydroxyl groups excluding tert-OH is 1. The lowest BCUT2D eigenvalue weighted by Gasteiger charge is -2.22. The van der Waals surface area contributed by atoms with Gasteiger partial charge in [-0.3, -0.25) is 4.79 Å². The van der Waals surface area contributed by atoms with Crippen LogP contribution in [0.3, 0.4) is 0 Å². The Kier molecular flexibility index (Phi) is 9.90. The van der Waals surface area contributed by atoms with E-state index in [0.717, 1.165) is 25.7 Å². The van der Waals surface area contributed by atoms with Crippen LogP contribution in [0, 0.1) is 5.92 Å². The minimum atomic E-state index is -3.01. The molecule has 4 rings (SSSR count). The molecule has 1 aliphatic rings. The van der Waals surface area contributed by atoms with Crippen molar-refractivity contribution in [3.05, 3.63) is 52.8 Å². The summed E-state index contributed by atoms with van der Waals surface area (Å²) in [4.78, 5) is 17.7. The molecule has 0 saturated carbocycles. The van der Waals surface area contributed by atoms with E-state index in [1.807, 2.05) is 10.6 Å². The first-order chi connectivity index (χ1) is 18.3. The summed E-state index contributed by atoms with van der Waals surface area (Å²) in [6.45, 7) is 1.65. The molecule has 38 heavy (non-hydrogen) atoms. The van der Waals surface area contributed by atoms with E-state index in [4.69, 9.17) is 21.1 Å². The number of thioether (sulfide) groups is 1. The normalized spacial score (nSPS) is 17.7. The van der Waals surface area contributed by atoms with Gasteiger partial charge in [0.1, 0.15) is 17.7 Å². The second-order valence-electron chi connectivity index (χ2n) is 9.48. The van der Waals surface area contributed by atoms with Crippen LogP contribution in [0.2, 0.25) is 5.02 Å². The molecule has 6 nitrogen and oxygen atoms in total. The van der Waals surface area contributed by atoms with E-state index in [-0.39, 0.29) is 24.6 Å². The standard InChI is InChI=1S/C28H33ClF2N2O4S/c1-3-5-7-17(4-2)16-36-25(35)12-13-38-24-9-6-8-23(37-28(30)31)26(24)21-15-22(34)27-32-19-11-10-18(29)14-20(19)33(21)27/h6,8-11,14,17,21-22,28,34H,3-5,7,12-13,15-16H2,1-2H3/t17?,21-,22-/m0/s1. The molecule has 2 heterocycles. The van der Waals surface area contributed by atoms with Crippen LogP contribution in [-0.4, -0.2) is 39.6 Å². The number of benzene rings is 2. The topological polar surface area (TPSA) is 73.6 Å². The fourth-order valence-corrected chi connectivity index (χ4v) is 6.14. The van der Waals surface area contributed by atoms with Gasteiger partial charge in [-0.15, -0.1) is 11.8 Å². The van der Waals surface area contributed by atoms with Gasteiger partial charge in [-0.2, -0.15) is 8.78 Å². The van der Waals surface area contributed by atoms with Gasteiger partial charge in [0.15, 0.2) is 0 Å². The smallest absolute Gasteiger partial charge is 0.387 e. The number of imidazole rings is 1. The largest absolute Gasteiger partial charge is 0.465 e. The maximum Gasteiger partial charge on any atom is 0.387 e. The third-order valence-corrected chi connectivity index (χ3v) is 8.21. The molecule has 0 aliphatic carbocycles. The second-order valence-corrected chi connectivity index (χ2v) is 11.1. The summed E-state index contributed by atoms with van der Waals surface area (Å²) in [6.07, 6.45) is 3.79. The van der Waals surface area contributed by atoms with Crippen molar-refractivity contribution in [2.24, 2.45) is 5.92 Å². The Labute approximate surface area is 230 Å². The molecule has 3 aromatic rings. The highest BCUT2D eigenvalue weighted by Crippen LogP contribution is 2.47. The van der Waals surface area contributed by atoms with Crippen molar-refractivity contribution in [3.8, 4) is 5.75 Å². The predicted molar refractivity (Wildman–Crippen MR) is 145 cm³/mol. The Morgan fingerprint density at radius 2 is 2.11 bits per heavy atom. The van der Waals surface area contributed by atoms with E-state index < -0.39 is 18.8 Å². The molecule has 2 aromatic carbocycles. The van der Waals surface area contributed by atoms with Crippen molar-refractivity contribution in [1.82, 2.24) is 9.55 Å². The number of halogens is 3. The monoisotopic (exact) mass is 566 g/mol. The molecule has 0 bridgehead atoms. The zero-order valence-electron chi connectivity index (χ0n) is 21.5. The number of carbonyl (C=O) groups excluding carboxylic acids is 1. The summed E-state index contributed by atoms with van der Waals surface area (Å²) in [5.41, 5.74) is 1.88. The maximum atomic E-state index is 13.4. The molecule has 10 heteroatoms. The van der Waals surface area contributed by atoms with Gasteiger partial charge in [0.05, 0.1) is 30.1 Å². The molecule has 206 valence electrons. The highest BCUT2D eigenvalue weighted by molar-refractivity contribution is 7.99. The average molecular weight is 567 g/mol. The highest BCUT2D eigenvalue weighted by Gasteiger charge is 2.37. The number of ether oxygens (including phenoxy) is 2. The Morgan fingerprint density at radius 1 is 1.29 bits per heavy atom. The van der Waals surface area contributed by atoms with Gasteiger partial charge in [-0.05, 0) is 42.7 Å². The van der Waals surface area contributed by atoms with Crippen molar-refractivity contribution in [3.63, 3.8) is 0 Å². The van der Waals surface area contributed by atoms with Gasteiger partial charge in [-0.25, -0.2) is 4.98 Å². The third kappa shape index (κ3) is 6.61. The van der Waals surface area contributed by atoms with Crippen LogP contribution in [0.25, 0.3) is 11.0 Å². The Bertz CT molecular complexity index is 1260. The van der Waals surface area contributed by atoms with Crippen molar-refractivity contribution in [2.75, 3.05) is 12.4 Å². The molecule has 1 unspecified atom stereocenters. The number of aliphatic hydroxyl groups is 1. The lowest BCUT2D eigenvalue weighted by atomic mass is 10.0. The number of aromatic nitrogens is 2. The van der Waals surface area contributed by atoms with E-state index in [2.05, 4.69) is 18.8 Å². The molecule has 0 radical (unpaired) electrons. The SMILES string of the molecule is CCCCC(CC)COC(=O)CCSc1cccc(OC(F)F)c1[C@@H]1C[C@H](O)c2nc3ccc(Cl)cc3n21. The van der Waals surface area contributed by atoms with Crippen molar-refractivity contribution < 1.29 is 28.2 Å². The fraction of sp³-hybridized carbons (Fsp3) is 0.500. The fourth-order valence-electron chi connectivity index (χ4n) is 4.92. The first kappa shape index (κ1) is 28.6. The molecule has 1 N–H and O–H groups in total. The summed E-state index contributed by atoms with van der Waals surface area (Å²) in [5.74, 6) is 0.981. The van der Waals surface area contributed by atoms with Gasteiger partial charge in [-0.1, -0.05) is 50.8 Å². The van der Waals surface area contributed by atoms with Crippen LogP contribution in [0.15, 0.2) is 41.3 Å². The first-order valence-electron chi connectivity index (χ1n) is 13.0. The number of carbonyl (C=O) groups is 1. The number of rotatable bonds is 13. The van der Waals surface area contributed by atoms with Crippen molar-refractivity contribution >= 4 is 40.4 Å². The predicted octanol–water partition coefficient (Wildman–Crippen LogP) is 7.56. The minimum absolute atomic E-state index is 0.0308. The summed E-state index contributed by atoms with van der Waals surface area (Å²) < 4.78 is 39.0. The van der Waals surface area contributed by atoms with Gasteiger partial charge < -0.3 is 19.1 Å². The summed E-state index contributed by atoms with van der Waals surface area (Å²) in [5, 5.41) is 11.3. The molecule has 1 aromatic heterocycles. The lowest BCUT2D eigenvalue weighted by molar-refractivity contribution is -0.144. The van der Waals surface area contributed by atoms with Crippen LogP contribution in [0.4, 0.5) is 8.78 Å². The number of unbranched alkanes of at least 4 members (excludes halogenated alkanes) is 1. The summed E-state index contributed by atoms with van der Waals surface area (Å²) in [6, 6.07) is 9.70. The van der Waals surface area contributed by atoms with Crippen LogP contribution in [0.1, 0.15) is 75.9 Å². The first-order valence-corrected chi connectivity index (χ1v) is 14.4. The van der Waals surface area contributed by atoms with Crippen LogP contribution in [0.5, 0.6) is 5.75 Å². The van der Waals surface area contributed by atoms with E-state index in [0.29, 0.717) is 50.6 Å². The Hall–Kier alpha value is -2.36. The van der Waals surface area contributed by atoms with Gasteiger partial charge in [0.25, 0.3) is 0 Å². The summed E-state index contributed by atoms with van der Waals surface area (Å²) in [7, 11) is 0. The number of hydrogen-bond acceptors (Lipinski definition) is 6. The minimum Gasteiger partial charge on any atom is -0.465 e. The van der Waals surface area contributed by atoms with Gasteiger partial charge >= 0.3 is 12.6 Å². The molecular weight excluding hydrogens is 534 g/mol. The quantitative estimate of drug-likeness (QED) is 0.170. The number of alkyl halides is 2. The molecule has 0 fully saturated rings. The zero-order valence-corrected chi connectivity index (χ0v) is 23.1. The van der Waals surface area contributed by atoms with Crippen LogP contribution >= 0.6 is 23.4 Å². The second kappa shape index (κ2) is 13.1. The zero-order chi connectivity index (χ0) is 27.2. The van der Waals surface area contributed by atoms with Gasteiger partial charge in [0.2, 0.25) is 0 Å².